The van der Waals surface area contributed by atoms with Gasteiger partial charge in [-0.05, 0) is 19.1 Å². The lowest BCUT2D eigenvalue weighted by Gasteiger charge is -2.02. The van der Waals surface area contributed by atoms with E-state index in [2.05, 4.69) is 9.97 Å². The van der Waals surface area contributed by atoms with Gasteiger partial charge in [-0.15, -0.1) is 0 Å². The molecule has 78 valence electrons. The number of carbonyl (C=O) groups is 1. The molecular weight excluding hydrogens is 202 g/mol. The summed E-state index contributed by atoms with van der Waals surface area (Å²) in [4.78, 5) is 18.5. The molecule has 0 saturated carbocycles. The number of hydrogen-bond acceptors (Lipinski definition) is 3. The molecule has 0 saturated heterocycles. The first-order chi connectivity index (χ1) is 7.72. The van der Waals surface area contributed by atoms with Crippen LogP contribution in [0, 0.1) is 18.3 Å². The van der Waals surface area contributed by atoms with Crippen LogP contribution in [0.3, 0.4) is 0 Å². The number of aromatic amines is 1. The Morgan fingerprint density at radius 2 is 2.31 bits per heavy atom. The number of H-pyrrole nitrogens is 1. The van der Waals surface area contributed by atoms with Crippen molar-refractivity contribution in [2.24, 2.45) is 0 Å². The van der Waals surface area contributed by atoms with Crippen molar-refractivity contribution in [2.45, 2.75) is 6.92 Å². The highest BCUT2D eigenvalue weighted by Gasteiger charge is 2.14. The first-order valence-corrected chi connectivity index (χ1v) is 4.76. The number of nitrogens with one attached hydrogen (secondary N) is 1. The third kappa shape index (κ3) is 1.71. The molecule has 16 heavy (non-hydrogen) atoms. The molecular formula is C12H9N3O. The number of rotatable bonds is 2. The number of aromatic nitrogens is 2. The summed E-state index contributed by atoms with van der Waals surface area (Å²) in [6.45, 7) is 1.88. The summed E-state index contributed by atoms with van der Waals surface area (Å²) in [5.41, 5.74) is 2.13. The Balaban J connectivity index is 2.52. The quantitative estimate of drug-likeness (QED) is 0.770. The molecule has 1 aromatic heterocycles. The molecule has 0 bridgehead atoms. The molecule has 0 radical (unpaired) electrons. The maximum absolute atomic E-state index is 12.0. The van der Waals surface area contributed by atoms with Crippen molar-refractivity contribution >= 4 is 5.78 Å². The van der Waals surface area contributed by atoms with Crippen LogP contribution >= 0.6 is 0 Å². The number of ketones is 1. The van der Waals surface area contributed by atoms with E-state index in [-0.39, 0.29) is 5.78 Å². The van der Waals surface area contributed by atoms with E-state index in [1.54, 1.807) is 12.1 Å². The largest absolute Gasteiger partial charge is 0.342 e. The van der Waals surface area contributed by atoms with Crippen molar-refractivity contribution in [1.29, 1.82) is 5.26 Å². The average Bonchev–Trinajstić information content (AvgIpc) is 2.81. The van der Waals surface area contributed by atoms with Crippen LogP contribution < -0.4 is 0 Å². The molecule has 0 spiro atoms. The Hall–Kier alpha value is -2.41. The summed E-state index contributed by atoms with van der Waals surface area (Å²) in [6.07, 6.45) is 2.89. The van der Waals surface area contributed by atoms with Gasteiger partial charge in [-0.2, -0.15) is 5.26 Å². The lowest BCUT2D eigenvalue weighted by Crippen LogP contribution is -2.04. The van der Waals surface area contributed by atoms with E-state index < -0.39 is 0 Å². The molecule has 4 heteroatoms. The smallest absolute Gasteiger partial charge is 0.212 e. The van der Waals surface area contributed by atoms with Crippen molar-refractivity contribution in [3.8, 4) is 6.07 Å². The number of nitrogens with zero attached hydrogens (tertiary/aromatic N) is 2. The van der Waals surface area contributed by atoms with Crippen LogP contribution in [0.2, 0.25) is 0 Å². The highest BCUT2D eigenvalue weighted by atomic mass is 16.1. The van der Waals surface area contributed by atoms with Gasteiger partial charge in [0.05, 0.1) is 24.2 Å². The molecule has 4 nitrogen and oxygen atoms in total. The Morgan fingerprint density at radius 1 is 1.50 bits per heavy atom. The third-order valence-corrected chi connectivity index (χ3v) is 2.28. The minimum Gasteiger partial charge on any atom is -0.342 e. The molecule has 0 aliphatic heterocycles. The molecule has 2 aromatic rings. The predicted molar refractivity (Wildman–Crippen MR) is 57.9 cm³/mol. The van der Waals surface area contributed by atoms with Crippen LogP contribution in [0.5, 0.6) is 0 Å². The summed E-state index contributed by atoms with van der Waals surface area (Å²) in [7, 11) is 0. The Morgan fingerprint density at radius 3 is 2.94 bits per heavy atom. The number of carbonyl (C=O) groups excluding carboxylic acids is 1. The summed E-state index contributed by atoms with van der Waals surface area (Å²) in [5, 5.41) is 8.93. The van der Waals surface area contributed by atoms with Gasteiger partial charge in [0.15, 0.2) is 0 Å². The van der Waals surface area contributed by atoms with E-state index >= 15 is 0 Å². The number of benzene rings is 1. The van der Waals surface area contributed by atoms with Gasteiger partial charge in [-0.1, -0.05) is 11.6 Å². The van der Waals surface area contributed by atoms with Crippen molar-refractivity contribution < 1.29 is 4.79 Å². The van der Waals surface area contributed by atoms with Gasteiger partial charge < -0.3 is 4.98 Å². The summed E-state index contributed by atoms with van der Waals surface area (Å²) >= 11 is 0. The number of imidazole rings is 1. The van der Waals surface area contributed by atoms with Gasteiger partial charge in [0, 0.05) is 5.56 Å². The molecule has 1 heterocycles. The molecule has 1 N–H and O–H groups in total. The van der Waals surface area contributed by atoms with Gasteiger partial charge in [-0.3, -0.25) is 4.79 Å². The zero-order valence-electron chi connectivity index (χ0n) is 8.69. The van der Waals surface area contributed by atoms with Gasteiger partial charge in [-0.25, -0.2) is 4.98 Å². The van der Waals surface area contributed by atoms with Gasteiger partial charge in [0.25, 0.3) is 0 Å². The number of nitriles is 1. The Labute approximate surface area is 92.6 Å². The monoisotopic (exact) mass is 211 g/mol. The Kier molecular flexibility index (Phi) is 2.52. The molecule has 0 fully saturated rings. The van der Waals surface area contributed by atoms with E-state index in [4.69, 9.17) is 5.26 Å². The summed E-state index contributed by atoms with van der Waals surface area (Å²) in [6, 6.07) is 7.18. The van der Waals surface area contributed by atoms with Gasteiger partial charge >= 0.3 is 0 Å². The lowest BCUT2D eigenvalue weighted by molar-refractivity contribution is 0.103. The topological polar surface area (TPSA) is 69.5 Å². The molecule has 0 aliphatic carbocycles. The van der Waals surface area contributed by atoms with Crippen LogP contribution in [0.4, 0.5) is 0 Å². The fourth-order valence-electron chi connectivity index (χ4n) is 1.47. The number of hydrogen-bond donors (Lipinski definition) is 1. The third-order valence-electron chi connectivity index (χ3n) is 2.28. The van der Waals surface area contributed by atoms with Gasteiger partial charge in [0.2, 0.25) is 5.78 Å². The van der Waals surface area contributed by atoms with E-state index in [1.165, 1.54) is 12.5 Å². The van der Waals surface area contributed by atoms with E-state index in [0.29, 0.717) is 16.8 Å². The van der Waals surface area contributed by atoms with Crippen molar-refractivity contribution in [3.63, 3.8) is 0 Å². The Bertz CT molecular complexity index is 564. The maximum Gasteiger partial charge on any atom is 0.212 e. The van der Waals surface area contributed by atoms with Crippen LogP contribution in [-0.2, 0) is 0 Å². The molecule has 0 unspecified atom stereocenters. The molecule has 0 amide bonds. The van der Waals surface area contributed by atoms with Crippen molar-refractivity contribution in [2.75, 3.05) is 0 Å². The zero-order chi connectivity index (χ0) is 11.5. The minimum atomic E-state index is -0.210. The highest BCUT2D eigenvalue weighted by Crippen LogP contribution is 2.14. The molecule has 1 aromatic carbocycles. The van der Waals surface area contributed by atoms with Crippen molar-refractivity contribution in [1.82, 2.24) is 9.97 Å². The summed E-state index contributed by atoms with van der Waals surface area (Å²) in [5.74, 6) is -0.210. The van der Waals surface area contributed by atoms with E-state index in [9.17, 15) is 4.79 Å². The lowest BCUT2D eigenvalue weighted by atomic mass is 10.0. The predicted octanol–water partition coefficient (Wildman–Crippen LogP) is 1.82. The van der Waals surface area contributed by atoms with Gasteiger partial charge in [0.1, 0.15) is 5.69 Å². The fraction of sp³-hybridized carbons (Fsp3) is 0.0833. The van der Waals surface area contributed by atoms with E-state index in [0.717, 1.165) is 5.56 Å². The maximum atomic E-state index is 12.0. The minimum absolute atomic E-state index is 0.210. The van der Waals surface area contributed by atoms with E-state index in [1.807, 2.05) is 19.1 Å². The highest BCUT2D eigenvalue weighted by molar-refractivity contribution is 6.09. The molecule has 0 aliphatic rings. The molecule has 0 atom stereocenters. The normalized spacial score (nSPS) is 9.75. The summed E-state index contributed by atoms with van der Waals surface area (Å²) < 4.78 is 0. The van der Waals surface area contributed by atoms with Crippen LogP contribution in [0.1, 0.15) is 27.2 Å². The second-order valence-electron chi connectivity index (χ2n) is 3.46. The average molecular weight is 211 g/mol. The first kappa shape index (κ1) is 10.1. The van der Waals surface area contributed by atoms with Crippen molar-refractivity contribution in [3.05, 3.63) is 53.1 Å². The second kappa shape index (κ2) is 3.99. The second-order valence-corrected chi connectivity index (χ2v) is 3.46. The fourth-order valence-corrected chi connectivity index (χ4v) is 1.47. The number of aryl methyl sites for hydroxylation is 1. The standard InChI is InChI=1S/C12H9N3O/c1-8-2-3-9(5-13)10(4-8)12(16)11-6-14-7-15-11/h2-4,6-7H,1H3,(H,14,15). The SMILES string of the molecule is Cc1ccc(C#N)c(C(=O)c2cnc[nH]2)c1. The van der Waals surface area contributed by atoms with Crippen LogP contribution in [-0.4, -0.2) is 15.8 Å². The zero-order valence-corrected chi connectivity index (χ0v) is 8.69. The van der Waals surface area contributed by atoms with Crippen LogP contribution in [0.25, 0.3) is 0 Å². The molecule has 2 rings (SSSR count). The first-order valence-electron chi connectivity index (χ1n) is 4.76. The van der Waals surface area contributed by atoms with Crippen LogP contribution in [0.15, 0.2) is 30.7 Å².